The lowest BCUT2D eigenvalue weighted by Gasteiger charge is -2.34. The number of urea groups is 1. The molecule has 0 aromatic heterocycles. The Morgan fingerprint density at radius 1 is 1.08 bits per heavy atom. The molecule has 0 saturated carbocycles. The normalized spacial score (nSPS) is 15.2. The van der Waals surface area contributed by atoms with E-state index in [1.807, 2.05) is 29.2 Å². The van der Waals surface area contributed by atoms with Gasteiger partial charge in [-0.2, -0.15) is 0 Å². The topological polar surface area (TPSA) is 35.6 Å². The second-order valence-electron chi connectivity index (χ2n) is 6.33. The van der Waals surface area contributed by atoms with Crippen molar-refractivity contribution in [3.63, 3.8) is 0 Å². The van der Waals surface area contributed by atoms with Crippen molar-refractivity contribution in [2.45, 2.75) is 19.9 Å². The number of piperazine rings is 1. The maximum absolute atomic E-state index is 12.5. The third-order valence-electron chi connectivity index (χ3n) is 4.59. The number of carbonyl (C=O) groups excluding carboxylic acids is 1. The third-order valence-corrected chi connectivity index (χ3v) is 5.09. The molecule has 4 nitrogen and oxygen atoms in total. The summed E-state index contributed by atoms with van der Waals surface area (Å²) in [5.41, 5.74) is 3.39. The van der Waals surface area contributed by atoms with Crippen molar-refractivity contribution >= 4 is 27.6 Å². The average Bonchev–Trinajstić information content (AvgIpc) is 2.63. The van der Waals surface area contributed by atoms with Crippen LogP contribution in [0, 0.1) is 0 Å². The standard InChI is InChI=1S/C20H24BrN3O/c1-2-17-7-3-4-9-19(17)22-20(25)24-12-10-23(11-13-24)15-16-6-5-8-18(21)14-16/h3-9,14H,2,10-13,15H2,1H3,(H,22,25). The van der Waals surface area contributed by atoms with Crippen molar-refractivity contribution in [3.8, 4) is 0 Å². The molecule has 3 rings (SSSR count). The second kappa shape index (κ2) is 8.50. The quantitative estimate of drug-likeness (QED) is 0.825. The Balaban J connectivity index is 1.52. The highest BCUT2D eigenvalue weighted by Crippen LogP contribution is 2.17. The van der Waals surface area contributed by atoms with Crippen molar-refractivity contribution in [2.24, 2.45) is 0 Å². The lowest BCUT2D eigenvalue weighted by molar-refractivity contribution is 0.143. The van der Waals surface area contributed by atoms with Gasteiger partial charge in [0.1, 0.15) is 0 Å². The molecule has 1 saturated heterocycles. The van der Waals surface area contributed by atoms with Crippen LogP contribution >= 0.6 is 15.9 Å². The molecule has 25 heavy (non-hydrogen) atoms. The van der Waals surface area contributed by atoms with Gasteiger partial charge in [-0.1, -0.05) is 53.2 Å². The molecular weight excluding hydrogens is 378 g/mol. The van der Waals surface area contributed by atoms with Gasteiger partial charge in [0.25, 0.3) is 0 Å². The first kappa shape index (κ1) is 18.0. The van der Waals surface area contributed by atoms with E-state index in [1.165, 1.54) is 11.1 Å². The molecule has 1 fully saturated rings. The lowest BCUT2D eigenvalue weighted by Crippen LogP contribution is -2.49. The molecule has 2 amide bonds. The van der Waals surface area contributed by atoms with Crippen LogP contribution in [0.5, 0.6) is 0 Å². The first-order valence-electron chi connectivity index (χ1n) is 8.76. The Morgan fingerprint density at radius 2 is 1.84 bits per heavy atom. The van der Waals surface area contributed by atoms with Gasteiger partial charge in [-0.15, -0.1) is 0 Å². The van der Waals surface area contributed by atoms with Crippen LogP contribution in [0.15, 0.2) is 53.0 Å². The predicted octanol–water partition coefficient (Wildman–Crippen LogP) is 4.36. The molecule has 0 atom stereocenters. The zero-order chi connectivity index (χ0) is 17.6. The summed E-state index contributed by atoms with van der Waals surface area (Å²) >= 11 is 3.52. The first-order valence-corrected chi connectivity index (χ1v) is 9.55. The number of nitrogens with zero attached hydrogens (tertiary/aromatic N) is 2. The highest BCUT2D eigenvalue weighted by molar-refractivity contribution is 9.10. The van der Waals surface area contributed by atoms with Crippen molar-refractivity contribution in [2.75, 3.05) is 31.5 Å². The number of amides is 2. The largest absolute Gasteiger partial charge is 0.322 e. The van der Waals surface area contributed by atoms with E-state index >= 15 is 0 Å². The van der Waals surface area contributed by atoms with Crippen molar-refractivity contribution in [3.05, 3.63) is 64.1 Å². The summed E-state index contributed by atoms with van der Waals surface area (Å²) in [5.74, 6) is 0. The highest BCUT2D eigenvalue weighted by atomic mass is 79.9. The van der Waals surface area contributed by atoms with Crippen molar-refractivity contribution in [1.29, 1.82) is 0 Å². The zero-order valence-electron chi connectivity index (χ0n) is 14.5. The summed E-state index contributed by atoms with van der Waals surface area (Å²) in [5, 5.41) is 3.07. The van der Waals surface area contributed by atoms with E-state index in [0.29, 0.717) is 0 Å². The molecule has 2 aromatic carbocycles. The van der Waals surface area contributed by atoms with Gasteiger partial charge < -0.3 is 10.2 Å². The Bertz CT molecular complexity index is 726. The number of benzene rings is 2. The lowest BCUT2D eigenvalue weighted by atomic mass is 10.1. The third kappa shape index (κ3) is 4.83. The van der Waals surface area contributed by atoms with Gasteiger partial charge in [0.15, 0.2) is 0 Å². The number of halogens is 1. The van der Waals surface area contributed by atoms with Crippen LogP contribution in [0.1, 0.15) is 18.1 Å². The van der Waals surface area contributed by atoms with Crippen LogP contribution in [0.2, 0.25) is 0 Å². The van der Waals surface area contributed by atoms with E-state index < -0.39 is 0 Å². The molecule has 2 aromatic rings. The Kier molecular flexibility index (Phi) is 6.10. The van der Waals surface area contributed by atoms with Crippen molar-refractivity contribution < 1.29 is 4.79 Å². The van der Waals surface area contributed by atoms with Gasteiger partial charge in [0, 0.05) is 42.9 Å². The number of hydrogen-bond acceptors (Lipinski definition) is 2. The number of anilines is 1. The van der Waals surface area contributed by atoms with Crippen LogP contribution in [0.25, 0.3) is 0 Å². The van der Waals surface area contributed by atoms with Gasteiger partial charge in [-0.25, -0.2) is 4.79 Å². The smallest absolute Gasteiger partial charge is 0.321 e. The van der Waals surface area contributed by atoms with Gasteiger partial charge in [0.2, 0.25) is 0 Å². The van der Waals surface area contributed by atoms with Crippen LogP contribution in [-0.2, 0) is 13.0 Å². The fourth-order valence-corrected chi connectivity index (χ4v) is 3.59. The van der Waals surface area contributed by atoms with Crippen molar-refractivity contribution in [1.82, 2.24) is 9.80 Å². The SMILES string of the molecule is CCc1ccccc1NC(=O)N1CCN(Cc2cccc(Br)c2)CC1. The van der Waals surface area contributed by atoms with E-state index in [-0.39, 0.29) is 6.03 Å². The van der Waals surface area contributed by atoms with Crippen LogP contribution in [0.3, 0.4) is 0 Å². The molecule has 0 radical (unpaired) electrons. The second-order valence-corrected chi connectivity index (χ2v) is 7.25. The molecule has 0 bridgehead atoms. The van der Waals surface area contributed by atoms with E-state index in [1.54, 1.807) is 0 Å². The minimum atomic E-state index is 0.00278. The maximum atomic E-state index is 12.5. The summed E-state index contributed by atoms with van der Waals surface area (Å²) in [7, 11) is 0. The molecule has 132 valence electrons. The minimum absolute atomic E-state index is 0.00278. The van der Waals surface area contributed by atoms with E-state index in [4.69, 9.17) is 0 Å². The Morgan fingerprint density at radius 3 is 2.56 bits per heavy atom. The minimum Gasteiger partial charge on any atom is -0.322 e. The monoisotopic (exact) mass is 401 g/mol. The summed E-state index contributed by atoms with van der Waals surface area (Å²) in [4.78, 5) is 16.8. The van der Waals surface area contributed by atoms with E-state index in [0.717, 1.165) is 49.3 Å². The Hall–Kier alpha value is -1.85. The summed E-state index contributed by atoms with van der Waals surface area (Å²) in [6.45, 7) is 6.34. The molecule has 0 spiro atoms. The van der Waals surface area contributed by atoms with E-state index in [9.17, 15) is 4.79 Å². The van der Waals surface area contributed by atoms with E-state index in [2.05, 4.69) is 57.3 Å². The fourth-order valence-electron chi connectivity index (χ4n) is 3.15. The van der Waals surface area contributed by atoms with Gasteiger partial charge >= 0.3 is 6.03 Å². The molecular formula is C20H24BrN3O. The predicted molar refractivity (Wildman–Crippen MR) is 106 cm³/mol. The first-order chi connectivity index (χ1) is 12.2. The summed E-state index contributed by atoms with van der Waals surface area (Å²) < 4.78 is 1.11. The number of hydrogen-bond donors (Lipinski definition) is 1. The van der Waals surface area contributed by atoms with Gasteiger partial charge in [0.05, 0.1) is 0 Å². The number of nitrogens with one attached hydrogen (secondary N) is 1. The molecule has 1 aliphatic rings. The molecule has 0 aliphatic carbocycles. The fraction of sp³-hybridized carbons (Fsp3) is 0.350. The van der Waals surface area contributed by atoms with Crippen LogP contribution in [0.4, 0.5) is 10.5 Å². The summed E-state index contributed by atoms with van der Waals surface area (Å²) in [6, 6.07) is 16.4. The Labute approximate surface area is 158 Å². The summed E-state index contributed by atoms with van der Waals surface area (Å²) in [6.07, 6.45) is 0.914. The van der Waals surface area contributed by atoms with Crippen LogP contribution < -0.4 is 5.32 Å². The zero-order valence-corrected chi connectivity index (χ0v) is 16.1. The van der Waals surface area contributed by atoms with Gasteiger partial charge in [-0.3, -0.25) is 4.90 Å². The number of aryl methyl sites for hydroxylation is 1. The van der Waals surface area contributed by atoms with Crippen LogP contribution in [-0.4, -0.2) is 42.0 Å². The maximum Gasteiger partial charge on any atom is 0.321 e. The highest BCUT2D eigenvalue weighted by Gasteiger charge is 2.21. The number of para-hydroxylation sites is 1. The average molecular weight is 402 g/mol. The number of carbonyl (C=O) groups is 1. The molecule has 1 heterocycles. The molecule has 1 N–H and O–H groups in total. The van der Waals surface area contributed by atoms with Gasteiger partial charge in [-0.05, 0) is 35.7 Å². The number of rotatable bonds is 4. The molecule has 5 heteroatoms. The molecule has 1 aliphatic heterocycles. The molecule has 0 unspecified atom stereocenters.